The van der Waals surface area contributed by atoms with Crippen LogP contribution in [-0.2, 0) is 16.4 Å². The molecular weight excluding hydrogens is 292 g/mol. The molecule has 0 aromatic carbocycles. The van der Waals surface area contributed by atoms with E-state index in [1.165, 1.54) is 11.3 Å². The third kappa shape index (κ3) is 3.81. The molecule has 0 aliphatic heterocycles. The topological polar surface area (TPSA) is 49.4 Å². The molecule has 0 spiro atoms. The molecule has 114 valence electrons. The molecule has 0 atom stereocenters. The molecule has 0 amide bonds. The first-order valence-corrected chi connectivity index (χ1v) is 9.46. The standard InChI is InChI=1S/C14H24N2O2S2/c1-11(2)16(10-12-4-5-12)20(17,18)14-7-6-13(19-14)8-9-15-3/h6-7,11-12,15H,4-5,8-10H2,1-3H3. The van der Waals surface area contributed by atoms with Crippen LogP contribution < -0.4 is 5.32 Å². The van der Waals surface area contributed by atoms with Crippen molar-refractivity contribution in [3.63, 3.8) is 0 Å². The van der Waals surface area contributed by atoms with Crippen molar-refractivity contribution in [2.24, 2.45) is 5.92 Å². The van der Waals surface area contributed by atoms with Crippen LogP contribution in [0.2, 0.25) is 0 Å². The summed E-state index contributed by atoms with van der Waals surface area (Å²) in [5.41, 5.74) is 0. The predicted octanol–water partition coefficient (Wildman–Crippen LogP) is 2.32. The average Bonchev–Trinajstić information content (AvgIpc) is 3.08. The minimum absolute atomic E-state index is 0.0171. The Morgan fingerprint density at radius 1 is 1.40 bits per heavy atom. The summed E-state index contributed by atoms with van der Waals surface area (Å²) in [4.78, 5) is 1.12. The van der Waals surface area contributed by atoms with Gasteiger partial charge in [0.15, 0.2) is 0 Å². The van der Waals surface area contributed by atoms with E-state index in [2.05, 4.69) is 5.32 Å². The van der Waals surface area contributed by atoms with Gasteiger partial charge in [0.05, 0.1) is 0 Å². The Kier molecular flexibility index (Phi) is 5.23. The maximum Gasteiger partial charge on any atom is 0.252 e. The van der Waals surface area contributed by atoms with Crippen molar-refractivity contribution >= 4 is 21.4 Å². The van der Waals surface area contributed by atoms with E-state index in [0.717, 1.165) is 30.7 Å². The Balaban J connectivity index is 2.16. The van der Waals surface area contributed by atoms with E-state index in [9.17, 15) is 8.42 Å². The van der Waals surface area contributed by atoms with Crippen LogP contribution in [-0.4, -0.2) is 38.9 Å². The zero-order valence-corrected chi connectivity index (χ0v) is 14.1. The maximum absolute atomic E-state index is 12.7. The number of sulfonamides is 1. The average molecular weight is 316 g/mol. The zero-order chi connectivity index (χ0) is 14.8. The van der Waals surface area contributed by atoms with Gasteiger partial charge >= 0.3 is 0 Å². The maximum atomic E-state index is 12.7. The second kappa shape index (κ2) is 6.56. The smallest absolute Gasteiger partial charge is 0.252 e. The fourth-order valence-electron chi connectivity index (χ4n) is 2.14. The highest BCUT2D eigenvalue weighted by atomic mass is 32.2. The third-order valence-electron chi connectivity index (χ3n) is 3.53. The van der Waals surface area contributed by atoms with Crippen molar-refractivity contribution in [1.29, 1.82) is 0 Å². The van der Waals surface area contributed by atoms with Crippen LogP contribution in [0.1, 0.15) is 31.6 Å². The lowest BCUT2D eigenvalue weighted by Crippen LogP contribution is -2.38. The van der Waals surface area contributed by atoms with E-state index >= 15 is 0 Å². The van der Waals surface area contributed by atoms with Crippen LogP contribution in [0.3, 0.4) is 0 Å². The van der Waals surface area contributed by atoms with Gasteiger partial charge in [0.2, 0.25) is 0 Å². The first kappa shape index (κ1) is 15.9. The molecule has 1 N–H and O–H groups in total. The minimum atomic E-state index is -3.33. The van der Waals surface area contributed by atoms with Gasteiger partial charge in [-0.1, -0.05) is 0 Å². The van der Waals surface area contributed by atoms with Crippen LogP contribution in [0.25, 0.3) is 0 Å². The van der Waals surface area contributed by atoms with Crippen molar-refractivity contribution in [2.75, 3.05) is 20.1 Å². The predicted molar refractivity (Wildman–Crippen MR) is 83.7 cm³/mol. The quantitative estimate of drug-likeness (QED) is 0.801. The number of rotatable bonds is 8. The summed E-state index contributed by atoms with van der Waals surface area (Å²) >= 11 is 1.40. The lowest BCUT2D eigenvalue weighted by Gasteiger charge is -2.25. The van der Waals surface area contributed by atoms with Gasteiger partial charge in [-0.15, -0.1) is 11.3 Å². The Labute approximate surface area is 126 Å². The van der Waals surface area contributed by atoms with Gasteiger partial charge in [0.1, 0.15) is 4.21 Å². The molecule has 0 radical (unpaired) electrons. The lowest BCUT2D eigenvalue weighted by atomic mass is 10.3. The molecular formula is C14H24N2O2S2. The fraction of sp³-hybridized carbons (Fsp3) is 0.714. The molecule has 0 unspecified atom stereocenters. The summed E-state index contributed by atoms with van der Waals surface area (Å²) in [5.74, 6) is 0.566. The Morgan fingerprint density at radius 2 is 2.10 bits per heavy atom. The molecule has 1 aliphatic rings. The first-order valence-electron chi connectivity index (χ1n) is 7.20. The molecule has 1 aliphatic carbocycles. The van der Waals surface area contributed by atoms with Crippen LogP contribution in [0.5, 0.6) is 0 Å². The van der Waals surface area contributed by atoms with Crippen molar-refractivity contribution in [3.8, 4) is 0 Å². The molecule has 20 heavy (non-hydrogen) atoms. The van der Waals surface area contributed by atoms with Gasteiger partial charge in [0.25, 0.3) is 10.0 Å². The minimum Gasteiger partial charge on any atom is -0.319 e. The van der Waals surface area contributed by atoms with E-state index in [4.69, 9.17) is 0 Å². The van der Waals surface area contributed by atoms with E-state index in [0.29, 0.717) is 16.7 Å². The van der Waals surface area contributed by atoms with Gasteiger partial charge in [-0.2, -0.15) is 4.31 Å². The van der Waals surface area contributed by atoms with Crippen molar-refractivity contribution in [3.05, 3.63) is 17.0 Å². The molecule has 1 aromatic rings. The van der Waals surface area contributed by atoms with E-state index in [1.807, 2.05) is 27.0 Å². The van der Waals surface area contributed by atoms with Crippen molar-refractivity contribution < 1.29 is 8.42 Å². The fourth-order valence-corrected chi connectivity index (χ4v) is 5.33. The van der Waals surface area contributed by atoms with Gasteiger partial charge < -0.3 is 5.32 Å². The molecule has 1 saturated carbocycles. The first-order chi connectivity index (χ1) is 9.45. The van der Waals surface area contributed by atoms with E-state index < -0.39 is 10.0 Å². The van der Waals surface area contributed by atoms with Gasteiger partial charge in [-0.05, 0) is 64.8 Å². The summed E-state index contributed by atoms with van der Waals surface area (Å²) in [6.45, 7) is 5.45. The monoisotopic (exact) mass is 316 g/mol. The SMILES string of the molecule is CNCCc1ccc(S(=O)(=O)N(CC2CC2)C(C)C)s1. The Hall–Kier alpha value is -0.430. The van der Waals surface area contributed by atoms with Gasteiger partial charge in [0, 0.05) is 17.5 Å². The Morgan fingerprint density at radius 3 is 2.65 bits per heavy atom. The van der Waals surface area contributed by atoms with Crippen LogP contribution >= 0.6 is 11.3 Å². The van der Waals surface area contributed by atoms with Gasteiger partial charge in [-0.25, -0.2) is 8.42 Å². The summed E-state index contributed by atoms with van der Waals surface area (Å²) in [6.07, 6.45) is 3.20. The number of hydrogen-bond donors (Lipinski definition) is 1. The molecule has 1 aromatic heterocycles. The molecule has 4 nitrogen and oxygen atoms in total. The van der Waals surface area contributed by atoms with Crippen LogP contribution in [0, 0.1) is 5.92 Å². The molecule has 0 saturated heterocycles. The number of nitrogens with zero attached hydrogens (tertiary/aromatic N) is 1. The second-order valence-electron chi connectivity index (χ2n) is 5.69. The summed E-state index contributed by atoms with van der Waals surface area (Å²) in [5, 5.41) is 3.09. The lowest BCUT2D eigenvalue weighted by molar-refractivity contribution is 0.342. The highest BCUT2D eigenvalue weighted by molar-refractivity contribution is 7.91. The summed E-state index contributed by atoms with van der Waals surface area (Å²) in [6, 6.07) is 3.71. The molecule has 1 fully saturated rings. The number of likely N-dealkylation sites (N-methyl/N-ethyl adjacent to an activating group) is 1. The number of hydrogen-bond acceptors (Lipinski definition) is 4. The Bertz CT molecular complexity index is 533. The van der Waals surface area contributed by atoms with Crippen molar-refractivity contribution in [2.45, 2.75) is 43.4 Å². The second-order valence-corrected chi connectivity index (χ2v) is 8.97. The molecule has 6 heteroatoms. The molecule has 0 bridgehead atoms. The largest absolute Gasteiger partial charge is 0.319 e. The third-order valence-corrected chi connectivity index (χ3v) is 7.19. The highest BCUT2D eigenvalue weighted by Crippen LogP contribution is 2.34. The molecule has 1 heterocycles. The number of nitrogens with one attached hydrogen (secondary N) is 1. The van der Waals surface area contributed by atoms with E-state index in [-0.39, 0.29) is 6.04 Å². The summed E-state index contributed by atoms with van der Waals surface area (Å²) < 4.78 is 27.6. The van der Waals surface area contributed by atoms with E-state index in [1.54, 1.807) is 10.4 Å². The van der Waals surface area contributed by atoms with Crippen LogP contribution in [0.4, 0.5) is 0 Å². The summed E-state index contributed by atoms with van der Waals surface area (Å²) in [7, 11) is -1.42. The van der Waals surface area contributed by atoms with Crippen molar-refractivity contribution in [1.82, 2.24) is 9.62 Å². The molecule has 2 rings (SSSR count). The highest BCUT2D eigenvalue weighted by Gasteiger charge is 2.34. The zero-order valence-electron chi connectivity index (χ0n) is 12.4. The number of thiophene rings is 1. The normalized spacial score (nSPS) is 16.2. The van der Waals surface area contributed by atoms with Gasteiger partial charge in [-0.3, -0.25) is 0 Å². The van der Waals surface area contributed by atoms with Crippen LogP contribution in [0.15, 0.2) is 16.3 Å².